The summed E-state index contributed by atoms with van der Waals surface area (Å²) in [5.74, 6) is 0.549. The van der Waals surface area contributed by atoms with Crippen molar-refractivity contribution in [3.63, 3.8) is 0 Å². The van der Waals surface area contributed by atoms with Crippen LogP contribution in [0.5, 0.6) is 0 Å². The molecule has 0 fully saturated rings. The molecule has 18 heavy (non-hydrogen) atoms. The molecule has 0 bridgehead atoms. The summed E-state index contributed by atoms with van der Waals surface area (Å²) < 4.78 is 1.03. The van der Waals surface area contributed by atoms with E-state index in [4.69, 9.17) is 0 Å². The molecule has 0 spiro atoms. The summed E-state index contributed by atoms with van der Waals surface area (Å²) in [5.41, 5.74) is 2.06. The van der Waals surface area contributed by atoms with Crippen LogP contribution in [0.2, 0.25) is 0 Å². The van der Waals surface area contributed by atoms with Crippen LogP contribution in [0, 0.1) is 6.92 Å². The first-order valence-corrected chi connectivity index (χ1v) is 6.49. The van der Waals surface area contributed by atoms with Gasteiger partial charge in [-0.05, 0) is 31.0 Å². The predicted octanol–water partition coefficient (Wildman–Crippen LogP) is 3.05. The molecule has 0 aliphatic heterocycles. The molecule has 0 saturated carbocycles. The van der Waals surface area contributed by atoms with Crippen LogP contribution in [-0.4, -0.2) is 16.1 Å². The summed E-state index contributed by atoms with van der Waals surface area (Å²) in [6.07, 6.45) is 1.16. The van der Waals surface area contributed by atoms with Crippen molar-refractivity contribution < 1.29 is 4.79 Å². The number of nitrogens with zero attached hydrogens (tertiary/aromatic N) is 1. The van der Waals surface area contributed by atoms with Crippen LogP contribution >= 0.6 is 15.9 Å². The number of aryl methyl sites for hydroxylation is 2. The second-order valence-electron chi connectivity index (χ2n) is 4.11. The molecule has 1 aromatic heterocycles. The number of amides is 1. The monoisotopic (exact) mass is 307 g/mol. The predicted molar refractivity (Wildman–Crippen MR) is 74.4 cm³/mol. The summed E-state index contributed by atoms with van der Waals surface area (Å²) in [6.45, 7) is 1.89. The average molecular weight is 308 g/mol. The Morgan fingerprint density at radius 1 is 1.44 bits per heavy atom. The lowest BCUT2D eigenvalue weighted by Crippen LogP contribution is -2.12. The Labute approximate surface area is 114 Å². The maximum atomic E-state index is 11.7. The molecule has 0 aliphatic carbocycles. The second kappa shape index (κ2) is 5.82. The van der Waals surface area contributed by atoms with Crippen molar-refractivity contribution in [2.75, 3.05) is 5.32 Å². The Kier molecular flexibility index (Phi) is 4.15. The van der Waals surface area contributed by atoms with E-state index in [-0.39, 0.29) is 5.91 Å². The minimum atomic E-state index is -0.0264. The number of H-pyrrole nitrogens is 1. The molecule has 2 aromatic rings. The molecule has 1 amide bonds. The molecule has 0 atom stereocenters. The zero-order chi connectivity index (χ0) is 13.0. The second-order valence-corrected chi connectivity index (χ2v) is 5.03. The van der Waals surface area contributed by atoms with Gasteiger partial charge in [0.15, 0.2) is 5.82 Å². The summed E-state index contributed by atoms with van der Waals surface area (Å²) in [6, 6.07) is 9.77. The molecule has 5 heteroatoms. The molecule has 0 unspecified atom stereocenters. The maximum absolute atomic E-state index is 11.7. The van der Waals surface area contributed by atoms with Gasteiger partial charge in [-0.2, -0.15) is 5.10 Å². The fourth-order valence-electron chi connectivity index (χ4n) is 1.64. The van der Waals surface area contributed by atoms with E-state index >= 15 is 0 Å². The lowest BCUT2D eigenvalue weighted by Gasteiger charge is -2.02. The molecule has 2 rings (SSSR count). The van der Waals surface area contributed by atoms with Crippen molar-refractivity contribution in [1.82, 2.24) is 10.2 Å². The first kappa shape index (κ1) is 12.8. The fraction of sp³-hybridized carbons (Fsp3) is 0.231. The number of anilines is 1. The van der Waals surface area contributed by atoms with E-state index in [0.29, 0.717) is 18.7 Å². The molecule has 1 aromatic carbocycles. The number of rotatable bonds is 4. The molecule has 2 N–H and O–H groups in total. The standard InChI is InChI=1S/C13H14BrN3O/c1-9-7-12(17-16-9)15-13(18)6-5-10-3-2-4-11(14)8-10/h2-4,7-8H,5-6H2,1H3,(H2,15,16,17,18). The third-order valence-corrected chi connectivity index (χ3v) is 3.00. The third kappa shape index (κ3) is 3.70. The van der Waals surface area contributed by atoms with E-state index in [1.807, 2.05) is 31.2 Å². The van der Waals surface area contributed by atoms with Crippen LogP contribution in [0.3, 0.4) is 0 Å². The number of aromatic nitrogens is 2. The van der Waals surface area contributed by atoms with Gasteiger partial charge in [-0.25, -0.2) is 0 Å². The number of hydrogen-bond donors (Lipinski definition) is 2. The summed E-state index contributed by atoms with van der Waals surface area (Å²) in [7, 11) is 0. The molecule has 0 aliphatic rings. The summed E-state index contributed by atoms with van der Waals surface area (Å²) >= 11 is 3.41. The van der Waals surface area contributed by atoms with Crippen molar-refractivity contribution >= 4 is 27.7 Å². The molecule has 1 heterocycles. The van der Waals surface area contributed by atoms with Crippen molar-refractivity contribution in [2.45, 2.75) is 19.8 Å². The van der Waals surface area contributed by atoms with Crippen LogP contribution in [0.1, 0.15) is 17.7 Å². The minimum Gasteiger partial charge on any atom is -0.309 e. The van der Waals surface area contributed by atoms with E-state index < -0.39 is 0 Å². The largest absolute Gasteiger partial charge is 0.309 e. The lowest BCUT2D eigenvalue weighted by atomic mass is 10.1. The molecular formula is C13H14BrN3O. The van der Waals surface area contributed by atoms with E-state index in [1.165, 1.54) is 0 Å². The van der Waals surface area contributed by atoms with Gasteiger partial charge in [0, 0.05) is 22.7 Å². The van der Waals surface area contributed by atoms with E-state index in [9.17, 15) is 4.79 Å². The van der Waals surface area contributed by atoms with E-state index in [1.54, 1.807) is 6.07 Å². The molecule has 4 nitrogen and oxygen atoms in total. The Bertz CT molecular complexity index is 551. The first-order chi connectivity index (χ1) is 8.63. The number of nitrogens with one attached hydrogen (secondary N) is 2. The smallest absolute Gasteiger partial charge is 0.225 e. The lowest BCUT2D eigenvalue weighted by molar-refractivity contribution is -0.116. The number of halogens is 1. The van der Waals surface area contributed by atoms with Gasteiger partial charge in [-0.1, -0.05) is 28.1 Å². The van der Waals surface area contributed by atoms with E-state index in [2.05, 4.69) is 31.4 Å². The third-order valence-electron chi connectivity index (χ3n) is 2.50. The number of carbonyl (C=O) groups excluding carboxylic acids is 1. The molecular weight excluding hydrogens is 294 g/mol. The fourth-order valence-corrected chi connectivity index (χ4v) is 2.08. The molecule has 0 radical (unpaired) electrons. The highest BCUT2D eigenvalue weighted by Crippen LogP contribution is 2.13. The Morgan fingerprint density at radius 3 is 2.94 bits per heavy atom. The Balaban J connectivity index is 1.85. The Hall–Kier alpha value is -1.62. The number of benzene rings is 1. The highest BCUT2D eigenvalue weighted by molar-refractivity contribution is 9.10. The zero-order valence-electron chi connectivity index (χ0n) is 10.0. The summed E-state index contributed by atoms with van der Waals surface area (Å²) in [5, 5.41) is 9.50. The van der Waals surface area contributed by atoms with Crippen LogP contribution < -0.4 is 5.32 Å². The van der Waals surface area contributed by atoms with Gasteiger partial charge in [0.1, 0.15) is 0 Å². The van der Waals surface area contributed by atoms with Crippen molar-refractivity contribution in [1.29, 1.82) is 0 Å². The van der Waals surface area contributed by atoms with Gasteiger partial charge in [0.2, 0.25) is 5.91 Å². The average Bonchev–Trinajstić information content (AvgIpc) is 2.72. The zero-order valence-corrected chi connectivity index (χ0v) is 11.6. The number of carbonyl (C=O) groups is 1. The Morgan fingerprint density at radius 2 is 2.28 bits per heavy atom. The quantitative estimate of drug-likeness (QED) is 0.912. The first-order valence-electron chi connectivity index (χ1n) is 5.70. The van der Waals surface area contributed by atoms with E-state index in [0.717, 1.165) is 15.7 Å². The van der Waals surface area contributed by atoms with Gasteiger partial charge < -0.3 is 5.32 Å². The van der Waals surface area contributed by atoms with Gasteiger partial charge in [-0.3, -0.25) is 9.89 Å². The highest BCUT2D eigenvalue weighted by Gasteiger charge is 2.05. The SMILES string of the molecule is Cc1cc(NC(=O)CCc2cccc(Br)c2)n[nH]1. The normalized spacial score (nSPS) is 10.3. The topological polar surface area (TPSA) is 57.8 Å². The van der Waals surface area contributed by atoms with Crippen molar-refractivity contribution in [3.05, 3.63) is 46.1 Å². The van der Waals surface area contributed by atoms with Gasteiger partial charge in [0.05, 0.1) is 0 Å². The minimum absolute atomic E-state index is 0.0264. The van der Waals surface area contributed by atoms with Crippen LogP contribution in [0.15, 0.2) is 34.8 Å². The van der Waals surface area contributed by atoms with Crippen LogP contribution in [-0.2, 0) is 11.2 Å². The molecule has 0 saturated heterocycles. The number of aromatic amines is 1. The maximum Gasteiger partial charge on any atom is 0.225 e. The summed E-state index contributed by atoms with van der Waals surface area (Å²) in [4.78, 5) is 11.7. The highest BCUT2D eigenvalue weighted by atomic mass is 79.9. The van der Waals surface area contributed by atoms with Gasteiger partial charge in [-0.15, -0.1) is 0 Å². The van der Waals surface area contributed by atoms with Crippen molar-refractivity contribution in [2.24, 2.45) is 0 Å². The number of hydrogen-bond acceptors (Lipinski definition) is 2. The van der Waals surface area contributed by atoms with Crippen molar-refractivity contribution in [3.8, 4) is 0 Å². The van der Waals surface area contributed by atoms with Crippen LogP contribution in [0.25, 0.3) is 0 Å². The molecule has 94 valence electrons. The van der Waals surface area contributed by atoms with Gasteiger partial charge in [0.25, 0.3) is 0 Å². The van der Waals surface area contributed by atoms with Crippen LogP contribution in [0.4, 0.5) is 5.82 Å². The van der Waals surface area contributed by atoms with Gasteiger partial charge >= 0.3 is 0 Å².